The minimum atomic E-state index is 0.0803. The second-order valence-corrected chi connectivity index (χ2v) is 5.64. The van der Waals surface area contributed by atoms with E-state index in [1.54, 1.807) is 36.1 Å². The van der Waals surface area contributed by atoms with E-state index in [9.17, 15) is 4.79 Å². The van der Waals surface area contributed by atoms with Gasteiger partial charge in [0.15, 0.2) is 0 Å². The molecule has 0 atom stereocenters. The number of anilines is 1. The van der Waals surface area contributed by atoms with Crippen LogP contribution in [0.3, 0.4) is 0 Å². The average molecular weight is 337 g/mol. The molecule has 0 bridgehead atoms. The molecule has 130 valence electrons. The van der Waals surface area contributed by atoms with Crippen molar-refractivity contribution in [3.63, 3.8) is 0 Å². The highest BCUT2D eigenvalue weighted by atomic mass is 16.5. The van der Waals surface area contributed by atoms with E-state index in [4.69, 9.17) is 10.00 Å². The summed E-state index contributed by atoms with van der Waals surface area (Å²) >= 11 is 0. The predicted octanol–water partition coefficient (Wildman–Crippen LogP) is 3.42. The Balaban J connectivity index is 1.81. The largest absolute Gasteiger partial charge is 0.492 e. The van der Waals surface area contributed by atoms with Crippen LogP contribution in [-0.4, -0.2) is 30.5 Å². The van der Waals surface area contributed by atoms with Crippen molar-refractivity contribution in [3.8, 4) is 11.8 Å². The van der Waals surface area contributed by atoms with Crippen LogP contribution < -0.4 is 10.1 Å². The number of carbonyl (C=O) groups excluding carboxylic acids is 1. The Bertz CT molecular complexity index is 735. The third kappa shape index (κ3) is 5.85. The molecular formula is C20H23N3O2. The van der Waals surface area contributed by atoms with Gasteiger partial charge in [0.25, 0.3) is 0 Å². The van der Waals surface area contributed by atoms with Crippen LogP contribution in [0.1, 0.15) is 25.0 Å². The van der Waals surface area contributed by atoms with Crippen LogP contribution >= 0.6 is 0 Å². The summed E-state index contributed by atoms with van der Waals surface area (Å²) in [5.74, 6) is 0.825. The van der Waals surface area contributed by atoms with Gasteiger partial charge in [-0.2, -0.15) is 5.26 Å². The molecule has 1 N–H and O–H groups in total. The summed E-state index contributed by atoms with van der Waals surface area (Å²) in [6.07, 6.45) is 0. The van der Waals surface area contributed by atoms with Crippen LogP contribution in [0.15, 0.2) is 48.5 Å². The molecule has 0 aliphatic rings. The summed E-state index contributed by atoms with van der Waals surface area (Å²) in [7, 11) is 0. The SMILES string of the molecule is CCN(Cc1cccc(NCCOc2ccc(C#N)cc2)c1)C(C)=O. The van der Waals surface area contributed by atoms with E-state index in [1.165, 1.54) is 0 Å². The number of hydrogen-bond donors (Lipinski definition) is 1. The van der Waals surface area contributed by atoms with E-state index >= 15 is 0 Å². The first-order valence-corrected chi connectivity index (χ1v) is 8.33. The van der Waals surface area contributed by atoms with Crippen molar-refractivity contribution < 1.29 is 9.53 Å². The van der Waals surface area contributed by atoms with Gasteiger partial charge >= 0.3 is 0 Å². The van der Waals surface area contributed by atoms with Crippen LogP contribution in [0.4, 0.5) is 5.69 Å². The smallest absolute Gasteiger partial charge is 0.219 e. The van der Waals surface area contributed by atoms with Crippen molar-refractivity contribution in [2.75, 3.05) is 25.0 Å². The number of rotatable bonds is 8. The molecule has 2 aromatic carbocycles. The van der Waals surface area contributed by atoms with Crippen molar-refractivity contribution in [2.24, 2.45) is 0 Å². The van der Waals surface area contributed by atoms with E-state index in [0.29, 0.717) is 31.8 Å². The lowest BCUT2D eigenvalue weighted by Gasteiger charge is -2.19. The van der Waals surface area contributed by atoms with Crippen LogP contribution in [0.5, 0.6) is 5.75 Å². The molecule has 0 heterocycles. The summed E-state index contributed by atoms with van der Waals surface area (Å²) in [4.78, 5) is 13.3. The third-order valence-electron chi connectivity index (χ3n) is 3.81. The highest BCUT2D eigenvalue weighted by Gasteiger charge is 2.07. The molecule has 0 aromatic heterocycles. The Hall–Kier alpha value is -3.00. The van der Waals surface area contributed by atoms with Gasteiger partial charge in [0.1, 0.15) is 12.4 Å². The van der Waals surface area contributed by atoms with Crippen LogP contribution in [0.2, 0.25) is 0 Å². The van der Waals surface area contributed by atoms with Crippen LogP contribution in [0.25, 0.3) is 0 Å². The number of nitrogens with zero attached hydrogens (tertiary/aromatic N) is 2. The number of nitriles is 1. The quantitative estimate of drug-likeness (QED) is 0.750. The molecule has 25 heavy (non-hydrogen) atoms. The van der Waals surface area contributed by atoms with E-state index < -0.39 is 0 Å². The second kappa shape index (κ2) is 9.33. The summed E-state index contributed by atoms with van der Waals surface area (Å²) in [6.45, 7) is 6.06. The minimum absolute atomic E-state index is 0.0803. The molecule has 0 unspecified atom stereocenters. The minimum Gasteiger partial charge on any atom is -0.492 e. The summed E-state index contributed by atoms with van der Waals surface area (Å²) in [5.41, 5.74) is 2.71. The molecule has 0 spiro atoms. The number of nitrogens with one attached hydrogen (secondary N) is 1. The molecule has 0 aliphatic heterocycles. The number of carbonyl (C=O) groups is 1. The van der Waals surface area contributed by atoms with E-state index in [2.05, 4.69) is 11.4 Å². The summed E-state index contributed by atoms with van der Waals surface area (Å²) in [6, 6.07) is 17.2. The normalized spacial score (nSPS) is 9.96. The van der Waals surface area contributed by atoms with Crippen LogP contribution in [-0.2, 0) is 11.3 Å². The van der Waals surface area contributed by atoms with Gasteiger partial charge < -0.3 is 15.0 Å². The maximum atomic E-state index is 11.5. The zero-order valence-electron chi connectivity index (χ0n) is 14.7. The van der Waals surface area contributed by atoms with Gasteiger partial charge in [0, 0.05) is 32.2 Å². The van der Waals surface area contributed by atoms with Gasteiger partial charge in [-0.15, -0.1) is 0 Å². The van der Waals surface area contributed by atoms with Gasteiger partial charge in [0.05, 0.1) is 11.6 Å². The zero-order valence-corrected chi connectivity index (χ0v) is 14.7. The van der Waals surface area contributed by atoms with Gasteiger partial charge in [-0.1, -0.05) is 12.1 Å². The van der Waals surface area contributed by atoms with Crippen LogP contribution in [0, 0.1) is 11.3 Å². The highest BCUT2D eigenvalue weighted by molar-refractivity contribution is 5.73. The first kappa shape index (κ1) is 18.3. The van der Waals surface area contributed by atoms with Crippen molar-refractivity contribution in [1.29, 1.82) is 5.26 Å². The molecule has 2 rings (SSSR count). The fourth-order valence-corrected chi connectivity index (χ4v) is 2.44. The molecule has 5 heteroatoms. The lowest BCUT2D eigenvalue weighted by molar-refractivity contribution is -0.129. The van der Waals surface area contributed by atoms with Gasteiger partial charge in [-0.25, -0.2) is 0 Å². The summed E-state index contributed by atoms with van der Waals surface area (Å²) in [5, 5.41) is 12.1. The van der Waals surface area contributed by atoms with Crippen molar-refractivity contribution >= 4 is 11.6 Å². The molecule has 0 radical (unpaired) electrons. The fourth-order valence-electron chi connectivity index (χ4n) is 2.44. The van der Waals surface area contributed by atoms with Crippen molar-refractivity contribution in [3.05, 3.63) is 59.7 Å². The Morgan fingerprint density at radius 2 is 2.00 bits per heavy atom. The topological polar surface area (TPSA) is 65.4 Å². The number of ether oxygens (including phenoxy) is 1. The maximum Gasteiger partial charge on any atom is 0.219 e. The third-order valence-corrected chi connectivity index (χ3v) is 3.81. The van der Waals surface area contributed by atoms with Crippen molar-refractivity contribution in [2.45, 2.75) is 20.4 Å². The zero-order chi connectivity index (χ0) is 18.1. The monoisotopic (exact) mass is 337 g/mol. The van der Waals surface area contributed by atoms with E-state index in [0.717, 1.165) is 17.0 Å². The number of hydrogen-bond acceptors (Lipinski definition) is 4. The average Bonchev–Trinajstić information content (AvgIpc) is 2.64. The second-order valence-electron chi connectivity index (χ2n) is 5.64. The number of benzene rings is 2. The standard InChI is InChI=1S/C20H23N3O2/c1-3-23(16(2)24)15-18-5-4-6-19(13-18)22-11-12-25-20-9-7-17(14-21)8-10-20/h4-10,13,22H,3,11-12,15H2,1-2H3. The molecule has 0 fully saturated rings. The molecular weight excluding hydrogens is 314 g/mol. The molecule has 0 saturated heterocycles. The number of amides is 1. The van der Waals surface area contributed by atoms with E-state index in [-0.39, 0.29) is 5.91 Å². The first-order valence-electron chi connectivity index (χ1n) is 8.33. The summed E-state index contributed by atoms with van der Waals surface area (Å²) < 4.78 is 5.65. The van der Waals surface area contributed by atoms with Gasteiger partial charge in [-0.05, 0) is 48.9 Å². The maximum absolute atomic E-state index is 11.5. The molecule has 5 nitrogen and oxygen atoms in total. The lowest BCUT2D eigenvalue weighted by atomic mass is 10.2. The molecule has 0 saturated carbocycles. The Morgan fingerprint density at radius 3 is 2.64 bits per heavy atom. The first-order chi connectivity index (χ1) is 12.1. The van der Waals surface area contributed by atoms with E-state index in [1.807, 2.05) is 31.2 Å². The van der Waals surface area contributed by atoms with Gasteiger partial charge in [-0.3, -0.25) is 4.79 Å². The molecule has 0 aliphatic carbocycles. The molecule has 2 aromatic rings. The Kier molecular flexibility index (Phi) is 6.85. The fraction of sp³-hybridized carbons (Fsp3) is 0.300. The predicted molar refractivity (Wildman–Crippen MR) is 98.3 cm³/mol. The Morgan fingerprint density at radius 1 is 1.24 bits per heavy atom. The highest BCUT2D eigenvalue weighted by Crippen LogP contribution is 2.14. The van der Waals surface area contributed by atoms with Gasteiger partial charge in [0.2, 0.25) is 5.91 Å². The Labute approximate surface area is 148 Å². The molecule has 1 amide bonds. The van der Waals surface area contributed by atoms with Crippen molar-refractivity contribution in [1.82, 2.24) is 4.90 Å². The lowest BCUT2D eigenvalue weighted by Crippen LogP contribution is -2.27.